The number of hydrogen-bond acceptors (Lipinski definition) is 5. The van der Waals surface area contributed by atoms with E-state index in [9.17, 15) is 19.5 Å². The fraction of sp³-hybridized carbons (Fsp3) is 0.417. The minimum Gasteiger partial charge on any atom is -0.508 e. The van der Waals surface area contributed by atoms with Crippen LogP contribution in [0.4, 0.5) is 5.69 Å². The molecule has 0 unspecified atom stereocenters. The number of nitrogens with zero attached hydrogens (tertiary/aromatic N) is 1. The van der Waals surface area contributed by atoms with Gasteiger partial charge in [0.05, 0.1) is 6.42 Å². The number of carbonyl (C=O) groups excluding carboxylic acids is 3. The molecule has 0 spiro atoms. The molecule has 33 heavy (non-hydrogen) atoms. The highest BCUT2D eigenvalue weighted by Gasteiger charge is 2.24. The number of phenols is 1. The van der Waals surface area contributed by atoms with Crippen LogP contribution in [0, 0.1) is 5.41 Å². The van der Waals surface area contributed by atoms with Gasteiger partial charge in [-0.2, -0.15) is 0 Å². The van der Waals surface area contributed by atoms with Gasteiger partial charge in [-0.3, -0.25) is 19.4 Å². The molecule has 0 aliphatic carbocycles. The van der Waals surface area contributed by atoms with Crippen molar-refractivity contribution in [3.05, 3.63) is 52.8 Å². The highest BCUT2D eigenvalue weighted by Crippen LogP contribution is 2.22. The van der Waals surface area contributed by atoms with E-state index >= 15 is 0 Å². The van der Waals surface area contributed by atoms with Gasteiger partial charge in [-0.05, 0) is 50.6 Å². The molecule has 1 heterocycles. The maximum absolute atomic E-state index is 12.7. The van der Waals surface area contributed by atoms with Crippen molar-refractivity contribution in [2.75, 3.05) is 11.9 Å². The van der Waals surface area contributed by atoms with E-state index in [1.54, 1.807) is 6.07 Å². The summed E-state index contributed by atoms with van der Waals surface area (Å²) < 4.78 is 0. The summed E-state index contributed by atoms with van der Waals surface area (Å²) in [6.07, 6.45) is 1.88. The average molecular weight is 475 g/mol. The van der Waals surface area contributed by atoms with Crippen LogP contribution < -0.4 is 16.0 Å². The molecule has 178 valence electrons. The Hall–Kier alpha value is -3.13. The molecule has 0 fully saturated rings. The van der Waals surface area contributed by atoms with E-state index in [0.717, 1.165) is 0 Å². The number of nitrogens with one attached hydrogen (secondary N) is 3. The van der Waals surface area contributed by atoms with Crippen molar-refractivity contribution in [2.45, 2.75) is 53.0 Å². The molecule has 0 saturated heterocycles. The highest BCUT2D eigenvalue weighted by atomic mass is 35.5. The summed E-state index contributed by atoms with van der Waals surface area (Å²) >= 11 is 5.92. The first-order valence-electron chi connectivity index (χ1n) is 10.6. The Bertz CT molecular complexity index is 1030. The summed E-state index contributed by atoms with van der Waals surface area (Å²) in [7, 11) is 0. The molecule has 1 aromatic carbocycles. The predicted molar refractivity (Wildman–Crippen MR) is 128 cm³/mol. The Labute approximate surface area is 199 Å². The molecular formula is C24H31ClN4O4. The molecule has 0 bridgehead atoms. The van der Waals surface area contributed by atoms with Gasteiger partial charge in [-0.25, -0.2) is 0 Å². The Morgan fingerprint density at radius 3 is 2.42 bits per heavy atom. The van der Waals surface area contributed by atoms with E-state index in [0.29, 0.717) is 29.2 Å². The van der Waals surface area contributed by atoms with Crippen molar-refractivity contribution in [3.63, 3.8) is 0 Å². The first-order valence-corrected chi connectivity index (χ1v) is 11.0. The maximum Gasteiger partial charge on any atom is 0.270 e. The standard InChI is InChI=1S/C24H31ClN4O4/c1-23(2,3)22(33)27-11-9-24(4,5)29-21(32)18-14-17(8-10-26-18)28-20(31)13-15-12-16(25)6-7-19(15)30/h6-8,10,12,14,30H,9,11,13H2,1-5H3,(H,27,33)(H,29,32)(H,26,28,31). The molecule has 2 rings (SSSR count). The molecule has 1 aromatic heterocycles. The van der Waals surface area contributed by atoms with Gasteiger partial charge in [-0.1, -0.05) is 32.4 Å². The van der Waals surface area contributed by atoms with Crippen molar-refractivity contribution in [2.24, 2.45) is 5.41 Å². The van der Waals surface area contributed by atoms with E-state index in [-0.39, 0.29) is 29.7 Å². The molecule has 3 amide bonds. The second-order valence-corrected chi connectivity index (χ2v) is 9.96. The number of aromatic hydroxyl groups is 1. The van der Waals surface area contributed by atoms with Crippen molar-refractivity contribution < 1.29 is 19.5 Å². The largest absolute Gasteiger partial charge is 0.508 e. The van der Waals surface area contributed by atoms with Crippen LogP contribution in [0.15, 0.2) is 36.5 Å². The van der Waals surface area contributed by atoms with Gasteiger partial charge in [0.2, 0.25) is 11.8 Å². The SMILES string of the molecule is CC(C)(CCNC(=O)C(C)(C)C)NC(=O)c1cc(NC(=O)Cc2cc(Cl)ccc2O)ccn1. The normalized spacial score (nSPS) is 11.6. The smallest absolute Gasteiger partial charge is 0.270 e. The lowest BCUT2D eigenvalue weighted by Crippen LogP contribution is -2.46. The van der Waals surface area contributed by atoms with Crippen molar-refractivity contribution in [3.8, 4) is 5.75 Å². The fourth-order valence-corrected chi connectivity index (χ4v) is 3.09. The number of benzene rings is 1. The van der Waals surface area contributed by atoms with Crippen LogP contribution in [-0.2, 0) is 16.0 Å². The Kier molecular flexibility index (Phi) is 8.44. The van der Waals surface area contributed by atoms with Gasteiger partial charge in [-0.15, -0.1) is 0 Å². The van der Waals surface area contributed by atoms with Gasteiger partial charge in [0.25, 0.3) is 5.91 Å². The number of hydrogen-bond donors (Lipinski definition) is 4. The molecule has 2 aromatic rings. The van der Waals surface area contributed by atoms with E-state index < -0.39 is 16.9 Å². The van der Waals surface area contributed by atoms with Crippen molar-refractivity contribution in [1.82, 2.24) is 15.6 Å². The van der Waals surface area contributed by atoms with Crippen LogP contribution in [-0.4, -0.2) is 39.9 Å². The number of phenolic OH excluding ortho intramolecular Hbond substituents is 1. The second-order valence-electron chi connectivity index (χ2n) is 9.52. The van der Waals surface area contributed by atoms with E-state index in [2.05, 4.69) is 20.9 Å². The number of rotatable bonds is 8. The van der Waals surface area contributed by atoms with Crippen LogP contribution in [0.2, 0.25) is 5.02 Å². The Morgan fingerprint density at radius 2 is 1.76 bits per heavy atom. The van der Waals surface area contributed by atoms with Crippen molar-refractivity contribution in [1.29, 1.82) is 0 Å². The predicted octanol–water partition coefficient (Wildman–Crippen LogP) is 3.68. The minimum absolute atomic E-state index is 0.0229. The zero-order valence-electron chi connectivity index (χ0n) is 19.6. The molecule has 8 nitrogen and oxygen atoms in total. The molecule has 0 aliphatic heterocycles. The summed E-state index contributed by atoms with van der Waals surface area (Å²) in [6.45, 7) is 9.65. The third-order valence-corrected chi connectivity index (χ3v) is 5.07. The highest BCUT2D eigenvalue weighted by molar-refractivity contribution is 6.30. The van der Waals surface area contributed by atoms with Gasteiger partial charge in [0, 0.05) is 40.0 Å². The summed E-state index contributed by atoms with van der Waals surface area (Å²) in [6, 6.07) is 7.53. The molecule has 0 radical (unpaired) electrons. The second kappa shape index (κ2) is 10.7. The molecule has 0 aliphatic rings. The van der Waals surface area contributed by atoms with Crippen LogP contribution in [0.5, 0.6) is 5.75 Å². The maximum atomic E-state index is 12.7. The Morgan fingerprint density at radius 1 is 1.06 bits per heavy atom. The molecule has 0 saturated carbocycles. The molecule has 9 heteroatoms. The number of halogens is 1. The van der Waals surface area contributed by atoms with Gasteiger partial charge >= 0.3 is 0 Å². The third kappa shape index (κ3) is 8.38. The van der Waals surface area contributed by atoms with Crippen LogP contribution in [0.3, 0.4) is 0 Å². The van der Waals surface area contributed by atoms with Crippen LogP contribution in [0.25, 0.3) is 0 Å². The van der Waals surface area contributed by atoms with E-state index in [4.69, 9.17) is 11.6 Å². The summed E-state index contributed by atoms with van der Waals surface area (Å²) in [5.41, 5.74) is -0.129. The van der Waals surface area contributed by atoms with Gasteiger partial charge < -0.3 is 21.1 Å². The fourth-order valence-electron chi connectivity index (χ4n) is 2.89. The zero-order valence-corrected chi connectivity index (χ0v) is 20.3. The lowest BCUT2D eigenvalue weighted by atomic mass is 9.95. The van der Waals surface area contributed by atoms with Gasteiger partial charge in [0.1, 0.15) is 11.4 Å². The summed E-state index contributed by atoms with van der Waals surface area (Å²) in [4.78, 5) is 41.2. The molecular weight excluding hydrogens is 444 g/mol. The minimum atomic E-state index is -0.590. The van der Waals surface area contributed by atoms with Crippen molar-refractivity contribution >= 4 is 35.0 Å². The molecule has 0 atom stereocenters. The Balaban J connectivity index is 1.95. The number of carbonyl (C=O) groups is 3. The van der Waals surface area contributed by atoms with Crippen LogP contribution >= 0.6 is 11.6 Å². The number of anilines is 1. The van der Waals surface area contributed by atoms with Gasteiger partial charge in [0.15, 0.2) is 0 Å². The first kappa shape index (κ1) is 26.1. The number of amides is 3. The number of aromatic nitrogens is 1. The topological polar surface area (TPSA) is 120 Å². The lowest BCUT2D eigenvalue weighted by Gasteiger charge is -2.27. The average Bonchev–Trinajstić information content (AvgIpc) is 2.69. The monoisotopic (exact) mass is 474 g/mol. The van der Waals surface area contributed by atoms with E-state index in [1.807, 2.05) is 34.6 Å². The third-order valence-electron chi connectivity index (χ3n) is 4.84. The van der Waals surface area contributed by atoms with Crippen LogP contribution in [0.1, 0.15) is 57.1 Å². The lowest BCUT2D eigenvalue weighted by molar-refractivity contribution is -0.128. The quantitative estimate of drug-likeness (QED) is 0.465. The molecule has 4 N–H and O–H groups in total. The summed E-state index contributed by atoms with van der Waals surface area (Å²) in [5.74, 6) is -0.850. The zero-order chi connectivity index (χ0) is 24.8. The van der Waals surface area contributed by atoms with E-state index in [1.165, 1.54) is 30.5 Å². The number of pyridine rings is 1. The summed E-state index contributed by atoms with van der Waals surface area (Å²) in [5, 5.41) is 18.8. The first-order chi connectivity index (χ1) is 15.3.